The number of carbonyl (C=O) groups excluding carboxylic acids is 1. The van der Waals surface area contributed by atoms with Crippen LogP contribution in [0, 0.1) is 13.8 Å². The molecule has 0 radical (unpaired) electrons. The number of carbonyl (C=O) groups is 1. The Hall–Kier alpha value is -2.17. The molecule has 0 spiro atoms. The van der Waals surface area contributed by atoms with Crippen LogP contribution in [0.1, 0.15) is 27.3 Å². The van der Waals surface area contributed by atoms with Crippen LogP contribution in [0.2, 0.25) is 0 Å². The first-order valence-corrected chi connectivity index (χ1v) is 5.65. The molecule has 5 nitrogen and oxygen atoms in total. The molecule has 1 aromatic carbocycles. The molecular weight excluding hydrogens is 230 g/mol. The van der Waals surface area contributed by atoms with Crippen molar-refractivity contribution >= 4 is 6.29 Å². The van der Waals surface area contributed by atoms with Crippen molar-refractivity contribution in [2.24, 2.45) is 7.05 Å². The van der Waals surface area contributed by atoms with Crippen LogP contribution in [0.15, 0.2) is 18.2 Å². The molecule has 0 amide bonds. The normalized spacial score (nSPS) is 10.4. The predicted molar refractivity (Wildman–Crippen MR) is 66.6 cm³/mol. The average Bonchev–Trinajstić information content (AvgIpc) is 2.71. The lowest BCUT2D eigenvalue weighted by molar-refractivity contribution is 0.111. The fourth-order valence-corrected chi connectivity index (χ4v) is 1.66. The molecule has 1 aromatic heterocycles. The van der Waals surface area contributed by atoms with E-state index in [0.717, 1.165) is 16.9 Å². The lowest BCUT2D eigenvalue weighted by Crippen LogP contribution is -2.06. The van der Waals surface area contributed by atoms with Gasteiger partial charge in [0.05, 0.1) is 0 Å². The highest BCUT2D eigenvalue weighted by Gasteiger charge is 2.11. The maximum Gasteiger partial charge on any atom is 0.172 e. The molecule has 0 bridgehead atoms. The van der Waals surface area contributed by atoms with Crippen LogP contribution >= 0.6 is 0 Å². The van der Waals surface area contributed by atoms with Gasteiger partial charge in [-0.2, -0.15) is 0 Å². The van der Waals surface area contributed by atoms with E-state index in [4.69, 9.17) is 4.74 Å². The fraction of sp³-hybridized carbons (Fsp3) is 0.308. The summed E-state index contributed by atoms with van der Waals surface area (Å²) in [7, 11) is 1.74. The molecule has 0 saturated heterocycles. The second-order valence-corrected chi connectivity index (χ2v) is 4.22. The summed E-state index contributed by atoms with van der Waals surface area (Å²) < 4.78 is 7.28. The van der Waals surface area contributed by atoms with Crippen LogP contribution in [0.3, 0.4) is 0 Å². The summed E-state index contributed by atoms with van der Waals surface area (Å²) in [5, 5.41) is 7.55. The molecule has 0 aliphatic carbocycles. The lowest BCUT2D eigenvalue weighted by atomic mass is 10.1. The van der Waals surface area contributed by atoms with Gasteiger partial charge < -0.3 is 4.74 Å². The van der Waals surface area contributed by atoms with Crippen LogP contribution in [-0.2, 0) is 13.7 Å². The minimum Gasteiger partial charge on any atom is -0.487 e. The third-order valence-corrected chi connectivity index (χ3v) is 2.79. The first-order chi connectivity index (χ1) is 8.61. The second-order valence-electron chi connectivity index (χ2n) is 4.22. The lowest BCUT2D eigenvalue weighted by Gasteiger charge is -2.10. The highest BCUT2D eigenvalue weighted by Crippen LogP contribution is 2.20. The Kier molecular flexibility index (Phi) is 3.41. The Morgan fingerprint density at radius 1 is 1.39 bits per heavy atom. The maximum absolute atomic E-state index is 10.8. The van der Waals surface area contributed by atoms with Crippen LogP contribution in [0.25, 0.3) is 0 Å². The molecule has 0 fully saturated rings. The third kappa shape index (κ3) is 2.40. The number of benzene rings is 1. The zero-order valence-electron chi connectivity index (χ0n) is 10.7. The SMILES string of the molecule is Cc1ccc(C)c(OCc2c(C=O)nnn2C)c1. The highest BCUT2D eigenvalue weighted by atomic mass is 16.5. The minimum absolute atomic E-state index is 0.280. The number of hydrogen-bond donors (Lipinski definition) is 0. The van der Waals surface area contributed by atoms with Crippen LogP contribution < -0.4 is 4.74 Å². The van der Waals surface area contributed by atoms with E-state index in [9.17, 15) is 4.79 Å². The Balaban J connectivity index is 2.18. The molecule has 2 rings (SSSR count). The summed E-state index contributed by atoms with van der Waals surface area (Å²) in [6, 6.07) is 6.01. The van der Waals surface area contributed by atoms with Crippen molar-refractivity contribution in [1.82, 2.24) is 15.0 Å². The molecule has 2 aromatic rings. The minimum atomic E-state index is 0.280. The number of nitrogens with zero attached hydrogens (tertiary/aromatic N) is 3. The molecule has 0 aliphatic heterocycles. The van der Waals surface area contributed by atoms with Crippen LogP contribution in [-0.4, -0.2) is 21.3 Å². The van der Waals surface area contributed by atoms with Crippen molar-refractivity contribution in [3.63, 3.8) is 0 Å². The van der Waals surface area contributed by atoms with Gasteiger partial charge in [-0.15, -0.1) is 5.10 Å². The van der Waals surface area contributed by atoms with Gasteiger partial charge in [0, 0.05) is 7.05 Å². The van der Waals surface area contributed by atoms with Gasteiger partial charge in [-0.05, 0) is 31.0 Å². The molecule has 0 unspecified atom stereocenters. The Morgan fingerprint density at radius 2 is 2.17 bits per heavy atom. The molecule has 0 aliphatic rings. The molecular formula is C13H15N3O2. The molecule has 94 valence electrons. The standard InChI is InChI=1S/C13H15N3O2/c1-9-4-5-10(2)13(6-9)18-8-12-11(7-17)14-15-16(12)3/h4-7H,8H2,1-3H3. The van der Waals surface area contributed by atoms with Crippen molar-refractivity contribution in [3.8, 4) is 5.75 Å². The number of rotatable bonds is 4. The molecule has 1 heterocycles. The Morgan fingerprint density at radius 3 is 2.89 bits per heavy atom. The first-order valence-electron chi connectivity index (χ1n) is 5.65. The smallest absolute Gasteiger partial charge is 0.172 e. The molecule has 0 atom stereocenters. The van der Waals surface area contributed by atoms with Gasteiger partial charge in [0.2, 0.25) is 0 Å². The van der Waals surface area contributed by atoms with E-state index < -0.39 is 0 Å². The number of ether oxygens (including phenoxy) is 1. The van der Waals surface area contributed by atoms with E-state index in [1.54, 1.807) is 11.7 Å². The summed E-state index contributed by atoms with van der Waals surface area (Å²) in [4.78, 5) is 10.8. The van der Waals surface area contributed by atoms with E-state index in [0.29, 0.717) is 17.7 Å². The predicted octanol–water partition coefficient (Wildman–Crippen LogP) is 1.82. The zero-order chi connectivity index (χ0) is 13.1. The van der Waals surface area contributed by atoms with E-state index in [2.05, 4.69) is 10.3 Å². The summed E-state index contributed by atoms with van der Waals surface area (Å²) >= 11 is 0. The summed E-state index contributed by atoms with van der Waals surface area (Å²) in [5.41, 5.74) is 3.19. The van der Waals surface area contributed by atoms with Crippen molar-refractivity contribution < 1.29 is 9.53 Å². The largest absolute Gasteiger partial charge is 0.487 e. The maximum atomic E-state index is 10.8. The van der Waals surface area contributed by atoms with Gasteiger partial charge >= 0.3 is 0 Å². The van der Waals surface area contributed by atoms with E-state index in [-0.39, 0.29) is 6.61 Å². The van der Waals surface area contributed by atoms with Crippen molar-refractivity contribution in [2.45, 2.75) is 20.5 Å². The second kappa shape index (κ2) is 5.00. The fourth-order valence-electron chi connectivity index (χ4n) is 1.66. The molecule has 18 heavy (non-hydrogen) atoms. The number of hydrogen-bond acceptors (Lipinski definition) is 4. The molecule has 0 saturated carbocycles. The highest BCUT2D eigenvalue weighted by molar-refractivity contribution is 5.73. The van der Waals surface area contributed by atoms with Crippen molar-refractivity contribution in [2.75, 3.05) is 0 Å². The third-order valence-electron chi connectivity index (χ3n) is 2.79. The molecule has 5 heteroatoms. The van der Waals surface area contributed by atoms with Gasteiger partial charge in [0.15, 0.2) is 12.0 Å². The van der Waals surface area contributed by atoms with Gasteiger partial charge in [0.1, 0.15) is 18.1 Å². The summed E-state index contributed by atoms with van der Waals surface area (Å²) in [6.07, 6.45) is 0.689. The van der Waals surface area contributed by atoms with Crippen molar-refractivity contribution in [3.05, 3.63) is 40.7 Å². The van der Waals surface area contributed by atoms with Gasteiger partial charge in [-0.1, -0.05) is 17.3 Å². The quantitative estimate of drug-likeness (QED) is 0.771. The van der Waals surface area contributed by atoms with E-state index in [1.807, 2.05) is 32.0 Å². The number of aromatic nitrogens is 3. The zero-order valence-corrected chi connectivity index (χ0v) is 10.7. The van der Waals surface area contributed by atoms with Crippen molar-refractivity contribution in [1.29, 1.82) is 0 Å². The number of aldehydes is 1. The van der Waals surface area contributed by atoms with Gasteiger partial charge in [-0.25, -0.2) is 4.68 Å². The van der Waals surface area contributed by atoms with E-state index in [1.165, 1.54) is 0 Å². The monoisotopic (exact) mass is 245 g/mol. The Labute approximate surface area is 105 Å². The summed E-state index contributed by atoms with van der Waals surface area (Å²) in [6.45, 7) is 4.27. The molecule has 0 N–H and O–H groups in total. The number of aryl methyl sites for hydroxylation is 3. The Bertz CT molecular complexity index is 576. The van der Waals surface area contributed by atoms with Crippen LogP contribution in [0.5, 0.6) is 5.75 Å². The van der Waals surface area contributed by atoms with Crippen LogP contribution in [0.4, 0.5) is 0 Å². The van der Waals surface area contributed by atoms with Gasteiger partial charge in [-0.3, -0.25) is 4.79 Å². The average molecular weight is 245 g/mol. The van der Waals surface area contributed by atoms with Gasteiger partial charge in [0.25, 0.3) is 0 Å². The summed E-state index contributed by atoms with van der Waals surface area (Å²) in [5.74, 6) is 0.813. The topological polar surface area (TPSA) is 57.0 Å². The van der Waals surface area contributed by atoms with E-state index >= 15 is 0 Å². The first kappa shape index (κ1) is 12.3.